The summed E-state index contributed by atoms with van der Waals surface area (Å²) in [7, 11) is 0. The summed E-state index contributed by atoms with van der Waals surface area (Å²) in [6.07, 6.45) is 3.06. The van der Waals surface area contributed by atoms with E-state index in [1.54, 1.807) is 0 Å². The topological polar surface area (TPSA) is 53.6 Å². The Hall–Kier alpha value is -0.810. The van der Waals surface area contributed by atoms with E-state index in [0.717, 1.165) is 45.5 Å². The van der Waals surface area contributed by atoms with Crippen LogP contribution in [-0.4, -0.2) is 55.9 Å². The maximum Gasteiger partial charge on any atom is 0.315 e. The molecule has 0 aromatic carbocycles. The molecule has 1 aliphatic heterocycles. The van der Waals surface area contributed by atoms with E-state index in [2.05, 4.69) is 36.3 Å². The number of urea groups is 1. The number of hydrogen-bond donors (Lipinski definition) is 2. The van der Waals surface area contributed by atoms with E-state index < -0.39 is 0 Å². The number of carbonyl (C=O) groups excluding carboxylic acids is 1. The van der Waals surface area contributed by atoms with Crippen LogP contribution in [0.2, 0.25) is 0 Å². The maximum atomic E-state index is 11.7. The minimum absolute atomic E-state index is 0.0640. The number of nitrogens with one attached hydrogen (secondary N) is 2. The molecule has 112 valence electrons. The van der Waals surface area contributed by atoms with E-state index in [9.17, 15) is 4.79 Å². The third-order valence-corrected chi connectivity index (χ3v) is 3.65. The molecule has 2 N–H and O–H groups in total. The van der Waals surface area contributed by atoms with Crippen molar-refractivity contribution in [3.05, 3.63) is 0 Å². The third kappa shape index (κ3) is 6.78. The van der Waals surface area contributed by atoms with Gasteiger partial charge in [-0.15, -0.1) is 0 Å². The highest BCUT2D eigenvalue weighted by Crippen LogP contribution is 2.03. The summed E-state index contributed by atoms with van der Waals surface area (Å²) in [5, 5.41) is 5.94. The van der Waals surface area contributed by atoms with Crippen molar-refractivity contribution >= 4 is 6.03 Å². The second-order valence-electron chi connectivity index (χ2n) is 5.25. The minimum atomic E-state index is -0.0640. The van der Waals surface area contributed by atoms with Crippen molar-refractivity contribution in [3.8, 4) is 0 Å². The molecule has 0 bridgehead atoms. The zero-order valence-electron chi connectivity index (χ0n) is 12.6. The van der Waals surface area contributed by atoms with Gasteiger partial charge in [0.1, 0.15) is 0 Å². The molecule has 2 amide bonds. The van der Waals surface area contributed by atoms with E-state index in [0.29, 0.717) is 6.61 Å². The van der Waals surface area contributed by atoms with Crippen LogP contribution in [0.1, 0.15) is 40.0 Å². The van der Waals surface area contributed by atoms with Gasteiger partial charge in [0.05, 0.1) is 12.6 Å². The van der Waals surface area contributed by atoms with Crippen LogP contribution in [0.15, 0.2) is 0 Å². The molecule has 5 heteroatoms. The van der Waals surface area contributed by atoms with Crippen LogP contribution >= 0.6 is 0 Å². The summed E-state index contributed by atoms with van der Waals surface area (Å²) in [6, 6.07) is 0.339. The Morgan fingerprint density at radius 3 is 2.74 bits per heavy atom. The average Bonchev–Trinajstić information content (AvgIpc) is 2.87. The molecule has 2 atom stereocenters. The lowest BCUT2D eigenvalue weighted by Gasteiger charge is -2.20. The lowest BCUT2D eigenvalue weighted by atomic mass is 10.2. The lowest BCUT2D eigenvalue weighted by Crippen LogP contribution is -2.45. The molecule has 1 saturated heterocycles. The van der Waals surface area contributed by atoms with Crippen LogP contribution in [-0.2, 0) is 4.74 Å². The largest absolute Gasteiger partial charge is 0.379 e. The first-order valence-electron chi connectivity index (χ1n) is 7.52. The van der Waals surface area contributed by atoms with Crippen molar-refractivity contribution in [1.82, 2.24) is 15.5 Å². The summed E-state index contributed by atoms with van der Waals surface area (Å²) >= 11 is 0. The summed E-state index contributed by atoms with van der Waals surface area (Å²) in [6.45, 7) is 11.1. The first kappa shape index (κ1) is 16.2. The quantitative estimate of drug-likeness (QED) is 0.705. The zero-order chi connectivity index (χ0) is 14.1. The Morgan fingerprint density at radius 1 is 1.42 bits per heavy atom. The second-order valence-corrected chi connectivity index (χ2v) is 5.25. The van der Waals surface area contributed by atoms with Gasteiger partial charge in [-0.1, -0.05) is 13.8 Å². The number of carbonyl (C=O) groups is 1. The molecule has 0 spiro atoms. The SMILES string of the molecule is CCN(CC)CCCC(C)NC(=O)NC1CCOC1. The van der Waals surface area contributed by atoms with Crippen molar-refractivity contribution in [1.29, 1.82) is 0 Å². The first-order chi connectivity index (χ1) is 9.15. The molecule has 0 aliphatic carbocycles. The molecule has 1 fully saturated rings. The molecule has 1 aliphatic rings. The number of ether oxygens (including phenoxy) is 1. The van der Waals surface area contributed by atoms with Crippen molar-refractivity contribution in [2.24, 2.45) is 0 Å². The van der Waals surface area contributed by atoms with Crippen LogP contribution in [0.3, 0.4) is 0 Å². The van der Waals surface area contributed by atoms with Gasteiger partial charge in [-0.2, -0.15) is 0 Å². The predicted molar refractivity (Wildman–Crippen MR) is 77.4 cm³/mol. The highest BCUT2D eigenvalue weighted by atomic mass is 16.5. The van der Waals surface area contributed by atoms with Crippen LogP contribution in [0.4, 0.5) is 4.79 Å². The molecule has 0 saturated carbocycles. The highest BCUT2D eigenvalue weighted by molar-refractivity contribution is 5.74. The molecule has 1 heterocycles. The van der Waals surface area contributed by atoms with Crippen LogP contribution in [0.5, 0.6) is 0 Å². The molecular weight excluding hydrogens is 242 g/mol. The summed E-state index contributed by atoms with van der Waals surface area (Å²) < 4.78 is 5.23. The van der Waals surface area contributed by atoms with E-state index in [-0.39, 0.29) is 18.1 Å². The predicted octanol–water partition coefficient (Wildman–Crippen LogP) is 1.58. The van der Waals surface area contributed by atoms with Crippen molar-refractivity contribution < 1.29 is 9.53 Å². The van der Waals surface area contributed by atoms with Crippen molar-refractivity contribution in [2.75, 3.05) is 32.8 Å². The van der Waals surface area contributed by atoms with Gasteiger partial charge >= 0.3 is 6.03 Å². The smallest absolute Gasteiger partial charge is 0.315 e. The van der Waals surface area contributed by atoms with Gasteiger partial charge in [0, 0.05) is 12.6 Å². The second kappa shape index (κ2) is 9.15. The molecule has 19 heavy (non-hydrogen) atoms. The molecule has 1 rings (SSSR count). The standard InChI is InChI=1S/C14H29N3O2/c1-4-17(5-2)9-6-7-12(3)15-14(18)16-13-8-10-19-11-13/h12-13H,4-11H2,1-3H3,(H2,15,16,18). The minimum Gasteiger partial charge on any atom is -0.379 e. The molecule has 0 aromatic heterocycles. The summed E-state index contributed by atoms with van der Waals surface area (Å²) in [5.74, 6) is 0. The van der Waals surface area contributed by atoms with Gasteiger partial charge in [0.15, 0.2) is 0 Å². The summed E-state index contributed by atoms with van der Waals surface area (Å²) in [4.78, 5) is 14.1. The van der Waals surface area contributed by atoms with Crippen molar-refractivity contribution in [2.45, 2.75) is 52.1 Å². The molecule has 2 unspecified atom stereocenters. The third-order valence-electron chi connectivity index (χ3n) is 3.65. The maximum absolute atomic E-state index is 11.7. The Morgan fingerprint density at radius 2 is 2.16 bits per heavy atom. The number of hydrogen-bond acceptors (Lipinski definition) is 3. The number of nitrogens with zero attached hydrogens (tertiary/aromatic N) is 1. The zero-order valence-corrected chi connectivity index (χ0v) is 12.6. The van der Waals surface area contributed by atoms with E-state index in [1.165, 1.54) is 0 Å². The summed E-state index contributed by atoms with van der Waals surface area (Å²) in [5.41, 5.74) is 0. The molecule has 5 nitrogen and oxygen atoms in total. The van der Waals surface area contributed by atoms with Gasteiger partial charge in [0.2, 0.25) is 0 Å². The normalized spacial score (nSPS) is 20.5. The fourth-order valence-corrected chi connectivity index (χ4v) is 2.33. The fourth-order valence-electron chi connectivity index (χ4n) is 2.33. The van der Waals surface area contributed by atoms with Gasteiger partial charge < -0.3 is 20.3 Å². The van der Waals surface area contributed by atoms with Gasteiger partial charge in [0.25, 0.3) is 0 Å². The van der Waals surface area contributed by atoms with Gasteiger partial charge in [-0.05, 0) is 45.8 Å². The van der Waals surface area contributed by atoms with E-state index in [4.69, 9.17) is 4.74 Å². The monoisotopic (exact) mass is 271 g/mol. The Kier molecular flexibility index (Phi) is 7.82. The highest BCUT2D eigenvalue weighted by Gasteiger charge is 2.18. The van der Waals surface area contributed by atoms with Gasteiger partial charge in [-0.3, -0.25) is 0 Å². The molecule has 0 aromatic rings. The number of rotatable bonds is 8. The molecular formula is C14H29N3O2. The molecule has 0 radical (unpaired) electrons. The van der Waals surface area contributed by atoms with E-state index in [1.807, 2.05) is 0 Å². The Bertz CT molecular complexity index is 251. The Labute approximate surface area is 117 Å². The average molecular weight is 271 g/mol. The number of amides is 2. The van der Waals surface area contributed by atoms with Crippen LogP contribution < -0.4 is 10.6 Å². The van der Waals surface area contributed by atoms with Crippen molar-refractivity contribution in [3.63, 3.8) is 0 Å². The Balaban J connectivity index is 2.08. The van der Waals surface area contributed by atoms with E-state index >= 15 is 0 Å². The van der Waals surface area contributed by atoms with Gasteiger partial charge in [-0.25, -0.2) is 4.79 Å². The van der Waals surface area contributed by atoms with Crippen LogP contribution in [0, 0.1) is 0 Å². The lowest BCUT2D eigenvalue weighted by molar-refractivity contribution is 0.188. The van der Waals surface area contributed by atoms with Crippen LogP contribution in [0.25, 0.3) is 0 Å². The fraction of sp³-hybridized carbons (Fsp3) is 0.929. The first-order valence-corrected chi connectivity index (χ1v) is 7.52.